The van der Waals surface area contributed by atoms with Gasteiger partial charge < -0.3 is 10.1 Å². The van der Waals surface area contributed by atoms with E-state index in [0.29, 0.717) is 44.0 Å². The van der Waals surface area contributed by atoms with Gasteiger partial charge in [0.15, 0.2) is 5.82 Å². The lowest BCUT2D eigenvalue weighted by Gasteiger charge is -2.36. The van der Waals surface area contributed by atoms with Crippen LogP contribution in [0.1, 0.15) is 24.0 Å². The van der Waals surface area contributed by atoms with E-state index < -0.39 is 5.41 Å². The number of ether oxygens (including phenoxy) is 1. The fraction of sp³-hybridized carbons (Fsp3) is 0.273. The average Bonchev–Trinajstić information content (AvgIpc) is 3.17. The summed E-state index contributed by atoms with van der Waals surface area (Å²) in [6.07, 6.45) is 2.98. The van der Waals surface area contributed by atoms with Gasteiger partial charge in [0.1, 0.15) is 5.82 Å². The molecule has 1 amide bonds. The van der Waals surface area contributed by atoms with Crippen molar-refractivity contribution in [1.29, 1.82) is 0 Å². The molecule has 0 spiro atoms. The zero-order chi connectivity index (χ0) is 19.4. The molecular weight excluding hydrogens is 357 g/mol. The van der Waals surface area contributed by atoms with Crippen molar-refractivity contribution in [2.75, 3.05) is 18.5 Å². The molecule has 0 radical (unpaired) electrons. The van der Waals surface area contributed by atoms with Crippen molar-refractivity contribution in [3.8, 4) is 0 Å². The largest absolute Gasteiger partial charge is 0.381 e. The van der Waals surface area contributed by atoms with E-state index in [1.807, 2.05) is 30.3 Å². The molecule has 0 unspecified atom stereocenters. The maximum absolute atomic E-state index is 13.9. The fourth-order valence-electron chi connectivity index (χ4n) is 3.68. The lowest BCUT2D eigenvalue weighted by Crippen LogP contribution is -2.44. The van der Waals surface area contributed by atoms with Crippen molar-refractivity contribution < 1.29 is 13.9 Å². The highest BCUT2D eigenvalue weighted by Gasteiger charge is 2.41. The normalized spacial score (nSPS) is 15.9. The van der Waals surface area contributed by atoms with Crippen molar-refractivity contribution in [1.82, 2.24) is 9.78 Å². The summed E-state index contributed by atoms with van der Waals surface area (Å²) in [6.45, 7) is 1.40. The Kier molecular flexibility index (Phi) is 5.21. The highest BCUT2D eigenvalue weighted by molar-refractivity contribution is 5.98. The molecule has 0 atom stereocenters. The Labute approximate surface area is 163 Å². The molecule has 1 N–H and O–H groups in total. The lowest BCUT2D eigenvalue weighted by molar-refractivity contribution is -0.125. The molecule has 5 nitrogen and oxygen atoms in total. The molecule has 4 rings (SSSR count). The van der Waals surface area contributed by atoms with E-state index in [1.54, 1.807) is 35.1 Å². The number of carbonyl (C=O) groups is 1. The lowest BCUT2D eigenvalue weighted by atomic mass is 9.73. The number of anilines is 1. The van der Waals surface area contributed by atoms with Gasteiger partial charge in [0.25, 0.3) is 0 Å². The van der Waals surface area contributed by atoms with E-state index in [0.717, 1.165) is 5.56 Å². The Morgan fingerprint density at radius 3 is 2.54 bits per heavy atom. The highest BCUT2D eigenvalue weighted by atomic mass is 19.1. The third-order valence-electron chi connectivity index (χ3n) is 5.28. The number of hydrogen-bond donors (Lipinski definition) is 1. The van der Waals surface area contributed by atoms with Gasteiger partial charge in [0.2, 0.25) is 5.91 Å². The van der Waals surface area contributed by atoms with Gasteiger partial charge in [-0.2, -0.15) is 5.10 Å². The van der Waals surface area contributed by atoms with Gasteiger partial charge in [-0.25, -0.2) is 4.39 Å². The van der Waals surface area contributed by atoms with Gasteiger partial charge in [-0.15, -0.1) is 0 Å². The number of hydrogen-bond acceptors (Lipinski definition) is 3. The second-order valence-corrected chi connectivity index (χ2v) is 7.00. The van der Waals surface area contributed by atoms with E-state index in [1.165, 1.54) is 6.07 Å². The summed E-state index contributed by atoms with van der Waals surface area (Å²) in [5.41, 5.74) is 0.907. The second kappa shape index (κ2) is 7.94. The standard InChI is InChI=1S/C22H22FN3O2/c23-19-9-5-4-6-17(19)16-26-13-10-20(25-26)24-21(27)22(11-14-28-15-12-22)18-7-2-1-3-8-18/h1-10,13H,11-12,14-16H2,(H,24,25,27). The molecule has 144 valence electrons. The van der Waals surface area contributed by atoms with Crippen LogP contribution in [0, 0.1) is 5.82 Å². The van der Waals surface area contributed by atoms with E-state index in [4.69, 9.17) is 4.74 Å². The summed E-state index contributed by atoms with van der Waals surface area (Å²) in [4.78, 5) is 13.2. The van der Waals surface area contributed by atoms with E-state index in [9.17, 15) is 9.18 Å². The van der Waals surface area contributed by atoms with Crippen LogP contribution in [0.3, 0.4) is 0 Å². The van der Waals surface area contributed by atoms with Crippen LogP contribution in [0.2, 0.25) is 0 Å². The predicted molar refractivity (Wildman–Crippen MR) is 105 cm³/mol. The summed E-state index contributed by atoms with van der Waals surface area (Å²) >= 11 is 0. The predicted octanol–water partition coefficient (Wildman–Crippen LogP) is 3.76. The molecule has 0 aliphatic carbocycles. The topological polar surface area (TPSA) is 56.2 Å². The molecular formula is C22H22FN3O2. The smallest absolute Gasteiger partial charge is 0.236 e. The van der Waals surface area contributed by atoms with Crippen molar-refractivity contribution in [3.05, 3.63) is 83.8 Å². The Morgan fingerprint density at radius 2 is 1.79 bits per heavy atom. The fourth-order valence-corrected chi connectivity index (χ4v) is 3.68. The Morgan fingerprint density at radius 1 is 1.07 bits per heavy atom. The molecule has 1 aromatic heterocycles. The highest BCUT2D eigenvalue weighted by Crippen LogP contribution is 2.36. The molecule has 1 aliphatic heterocycles. The third kappa shape index (κ3) is 3.68. The Bertz CT molecular complexity index is 949. The number of amides is 1. The molecule has 1 aliphatic rings. The van der Waals surface area contributed by atoms with Gasteiger partial charge in [0, 0.05) is 31.0 Å². The van der Waals surface area contributed by atoms with Gasteiger partial charge in [-0.1, -0.05) is 48.5 Å². The zero-order valence-electron chi connectivity index (χ0n) is 15.5. The number of nitrogens with one attached hydrogen (secondary N) is 1. The summed E-state index contributed by atoms with van der Waals surface area (Å²) in [5.74, 6) is 0.107. The molecule has 6 heteroatoms. The average molecular weight is 379 g/mol. The van der Waals surface area contributed by atoms with Crippen LogP contribution in [-0.4, -0.2) is 28.9 Å². The number of rotatable bonds is 5. The maximum Gasteiger partial charge on any atom is 0.236 e. The number of nitrogens with zero attached hydrogens (tertiary/aromatic N) is 2. The second-order valence-electron chi connectivity index (χ2n) is 7.00. The number of carbonyl (C=O) groups excluding carboxylic acids is 1. The van der Waals surface area contributed by atoms with Gasteiger partial charge >= 0.3 is 0 Å². The summed E-state index contributed by atoms with van der Waals surface area (Å²) < 4.78 is 21.0. The van der Waals surface area contributed by atoms with Gasteiger partial charge in [0.05, 0.1) is 12.0 Å². The first-order valence-electron chi connectivity index (χ1n) is 9.39. The van der Waals surface area contributed by atoms with Crippen molar-refractivity contribution >= 4 is 11.7 Å². The van der Waals surface area contributed by atoms with Crippen molar-refractivity contribution in [3.63, 3.8) is 0 Å². The molecule has 0 bridgehead atoms. The van der Waals surface area contributed by atoms with Crippen LogP contribution >= 0.6 is 0 Å². The van der Waals surface area contributed by atoms with Crippen LogP contribution in [-0.2, 0) is 21.5 Å². The van der Waals surface area contributed by atoms with Crippen LogP contribution < -0.4 is 5.32 Å². The molecule has 28 heavy (non-hydrogen) atoms. The SMILES string of the molecule is O=C(Nc1ccn(Cc2ccccc2F)n1)C1(c2ccccc2)CCOCC1. The molecule has 3 aromatic rings. The minimum Gasteiger partial charge on any atom is -0.381 e. The zero-order valence-corrected chi connectivity index (χ0v) is 15.5. The first-order valence-corrected chi connectivity index (χ1v) is 9.39. The molecule has 2 aromatic carbocycles. The van der Waals surface area contributed by atoms with E-state index >= 15 is 0 Å². The minimum atomic E-state index is -0.630. The summed E-state index contributed by atoms with van der Waals surface area (Å²) in [5, 5.41) is 7.34. The quantitative estimate of drug-likeness (QED) is 0.734. The van der Waals surface area contributed by atoms with Crippen LogP contribution in [0.4, 0.5) is 10.2 Å². The molecule has 1 saturated heterocycles. The number of halogens is 1. The minimum absolute atomic E-state index is 0.0851. The number of benzene rings is 2. The maximum atomic E-state index is 13.9. The van der Waals surface area contributed by atoms with Crippen molar-refractivity contribution in [2.45, 2.75) is 24.8 Å². The summed E-state index contributed by atoms with van der Waals surface area (Å²) in [6, 6.07) is 18.1. The molecule has 0 saturated carbocycles. The summed E-state index contributed by atoms with van der Waals surface area (Å²) in [7, 11) is 0. The molecule has 1 fully saturated rings. The molecule has 2 heterocycles. The van der Waals surface area contributed by atoms with Crippen molar-refractivity contribution in [2.24, 2.45) is 0 Å². The van der Waals surface area contributed by atoms with E-state index in [-0.39, 0.29) is 11.7 Å². The van der Waals surface area contributed by atoms with Crippen LogP contribution in [0.15, 0.2) is 66.9 Å². The first-order chi connectivity index (χ1) is 13.7. The first kappa shape index (κ1) is 18.4. The third-order valence-corrected chi connectivity index (χ3v) is 5.28. The Hall–Kier alpha value is -2.99. The number of aromatic nitrogens is 2. The van der Waals surface area contributed by atoms with E-state index in [2.05, 4.69) is 10.4 Å². The van der Waals surface area contributed by atoms with Crippen LogP contribution in [0.5, 0.6) is 0 Å². The Balaban J connectivity index is 1.52. The van der Waals surface area contributed by atoms with Gasteiger partial charge in [-0.3, -0.25) is 9.48 Å². The van der Waals surface area contributed by atoms with Gasteiger partial charge in [-0.05, 0) is 24.5 Å². The monoisotopic (exact) mass is 379 g/mol. The van der Waals surface area contributed by atoms with Crippen LogP contribution in [0.25, 0.3) is 0 Å².